The number of esters is 1. The van der Waals surface area contributed by atoms with Crippen molar-refractivity contribution in [3.05, 3.63) is 47.7 Å². The van der Waals surface area contributed by atoms with Crippen LogP contribution in [0.5, 0.6) is 5.75 Å². The van der Waals surface area contributed by atoms with Crippen LogP contribution >= 0.6 is 0 Å². The van der Waals surface area contributed by atoms with Gasteiger partial charge in [0.05, 0.1) is 11.2 Å². The SMILES string of the molecule is CCCCCCC=CCc1nc2ccccc2c(OC(=O)CC)c1CC. The number of fused-ring (bicyclic) bond motifs is 1. The third-order valence-electron chi connectivity index (χ3n) is 4.59. The zero-order valence-corrected chi connectivity index (χ0v) is 16.4. The standard InChI is InChI=1S/C23H31NO2/c1-4-7-8-9-10-11-12-16-20-18(5-2)23(26-22(25)6-3)19-15-13-14-17-21(19)24-20/h11-15,17H,4-10,16H2,1-3H3. The van der Waals surface area contributed by atoms with Crippen LogP contribution in [0.15, 0.2) is 36.4 Å². The molecule has 0 saturated carbocycles. The van der Waals surface area contributed by atoms with Gasteiger partial charge in [-0.05, 0) is 31.4 Å². The van der Waals surface area contributed by atoms with Crippen molar-refractivity contribution in [2.45, 2.75) is 72.1 Å². The van der Waals surface area contributed by atoms with Crippen molar-refractivity contribution >= 4 is 16.9 Å². The van der Waals surface area contributed by atoms with Gasteiger partial charge in [-0.15, -0.1) is 0 Å². The van der Waals surface area contributed by atoms with Crippen molar-refractivity contribution in [1.29, 1.82) is 0 Å². The molecule has 2 rings (SSSR count). The minimum atomic E-state index is -0.200. The van der Waals surface area contributed by atoms with Crippen LogP contribution in [0.25, 0.3) is 10.9 Å². The van der Waals surface area contributed by atoms with E-state index in [9.17, 15) is 4.79 Å². The highest BCUT2D eigenvalue weighted by Gasteiger charge is 2.16. The summed E-state index contributed by atoms with van der Waals surface area (Å²) >= 11 is 0. The first-order valence-corrected chi connectivity index (χ1v) is 9.97. The summed E-state index contributed by atoms with van der Waals surface area (Å²) in [7, 11) is 0. The van der Waals surface area contributed by atoms with E-state index in [1.807, 2.05) is 31.2 Å². The molecule has 1 aromatic heterocycles. The predicted octanol–water partition coefficient (Wildman–Crippen LogP) is 6.18. The second kappa shape index (κ2) is 10.7. The molecule has 0 bridgehead atoms. The number of carbonyl (C=O) groups is 1. The Labute approximate surface area is 157 Å². The highest BCUT2D eigenvalue weighted by molar-refractivity contribution is 5.89. The van der Waals surface area contributed by atoms with Crippen LogP contribution in [-0.2, 0) is 17.6 Å². The summed E-state index contributed by atoms with van der Waals surface area (Å²) in [4.78, 5) is 16.8. The molecule has 0 unspecified atom stereocenters. The van der Waals surface area contributed by atoms with E-state index in [1.165, 1.54) is 25.7 Å². The van der Waals surface area contributed by atoms with Crippen LogP contribution < -0.4 is 4.74 Å². The van der Waals surface area contributed by atoms with Gasteiger partial charge in [-0.2, -0.15) is 0 Å². The monoisotopic (exact) mass is 353 g/mol. The lowest BCUT2D eigenvalue weighted by molar-refractivity contribution is -0.133. The first-order chi connectivity index (χ1) is 12.7. The lowest BCUT2D eigenvalue weighted by Gasteiger charge is -2.15. The van der Waals surface area contributed by atoms with E-state index in [1.54, 1.807) is 0 Å². The van der Waals surface area contributed by atoms with Gasteiger partial charge >= 0.3 is 5.97 Å². The lowest BCUT2D eigenvalue weighted by Crippen LogP contribution is -2.10. The highest BCUT2D eigenvalue weighted by Crippen LogP contribution is 2.32. The first kappa shape index (κ1) is 20.2. The van der Waals surface area contributed by atoms with E-state index in [2.05, 4.69) is 26.0 Å². The van der Waals surface area contributed by atoms with Crippen molar-refractivity contribution in [2.75, 3.05) is 0 Å². The molecule has 0 amide bonds. The van der Waals surface area contributed by atoms with E-state index in [-0.39, 0.29) is 5.97 Å². The largest absolute Gasteiger partial charge is 0.425 e. The molecule has 1 aromatic carbocycles. The molecule has 2 aromatic rings. The highest BCUT2D eigenvalue weighted by atomic mass is 16.5. The number of benzene rings is 1. The normalized spacial score (nSPS) is 11.3. The Bertz CT molecular complexity index is 749. The van der Waals surface area contributed by atoms with Crippen LogP contribution in [-0.4, -0.2) is 11.0 Å². The molecular weight excluding hydrogens is 322 g/mol. The second-order valence-electron chi connectivity index (χ2n) is 6.59. The fourth-order valence-electron chi connectivity index (χ4n) is 3.11. The van der Waals surface area contributed by atoms with Crippen LogP contribution in [0.3, 0.4) is 0 Å². The van der Waals surface area contributed by atoms with Crippen LogP contribution in [0.4, 0.5) is 0 Å². The van der Waals surface area contributed by atoms with Gasteiger partial charge in [0, 0.05) is 23.8 Å². The Morgan fingerprint density at radius 3 is 2.62 bits per heavy atom. The first-order valence-electron chi connectivity index (χ1n) is 9.97. The lowest BCUT2D eigenvalue weighted by atomic mass is 10.0. The third kappa shape index (κ3) is 5.42. The minimum Gasteiger partial charge on any atom is -0.425 e. The molecule has 0 atom stereocenters. The van der Waals surface area contributed by atoms with E-state index in [4.69, 9.17) is 9.72 Å². The predicted molar refractivity (Wildman–Crippen MR) is 109 cm³/mol. The van der Waals surface area contributed by atoms with E-state index in [0.29, 0.717) is 12.2 Å². The summed E-state index contributed by atoms with van der Waals surface area (Å²) in [5.74, 6) is 0.491. The molecule has 26 heavy (non-hydrogen) atoms. The number of allylic oxidation sites excluding steroid dienone is 2. The molecule has 1 heterocycles. The van der Waals surface area contributed by atoms with Gasteiger partial charge in [0.1, 0.15) is 5.75 Å². The Morgan fingerprint density at radius 2 is 1.88 bits per heavy atom. The molecule has 0 aliphatic rings. The number of hydrogen-bond acceptors (Lipinski definition) is 3. The number of rotatable bonds is 10. The van der Waals surface area contributed by atoms with Crippen LogP contribution in [0.1, 0.15) is 70.6 Å². The Balaban J connectivity index is 2.25. The van der Waals surface area contributed by atoms with Crippen LogP contribution in [0.2, 0.25) is 0 Å². The van der Waals surface area contributed by atoms with Gasteiger partial charge in [0.15, 0.2) is 0 Å². The van der Waals surface area contributed by atoms with Crippen molar-refractivity contribution < 1.29 is 9.53 Å². The summed E-state index contributed by atoms with van der Waals surface area (Å²) in [5, 5.41) is 0.915. The van der Waals surface area contributed by atoms with Crippen molar-refractivity contribution in [1.82, 2.24) is 4.98 Å². The fraction of sp³-hybridized carbons (Fsp3) is 0.478. The van der Waals surface area contributed by atoms with Crippen molar-refractivity contribution in [3.63, 3.8) is 0 Å². The van der Waals surface area contributed by atoms with Gasteiger partial charge < -0.3 is 4.74 Å². The number of nitrogens with zero attached hydrogens (tertiary/aromatic N) is 1. The number of ether oxygens (including phenoxy) is 1. The molecular formula is C23H31NO2. The van der Waals surface area contributed by atoms with E-state index >= 15 is 0 Å². The summed E-state index contributed by atoms with van der Waals surface area (Å²) in [6, 6.07) is 7.89. The summed E-state index contributed by atoms with van der Waals surface area (Å²) in [6.07, 6.45) is 12.6. The maximum absolute atomic E-state index is 11.9. The molecule has 0 aliphatic heterocycles. The third-order valence-corrected chi connectivity index (χ3v) is 4.59. The number of hydrogen-bond donors (Lipinski definition) is 0. The fourth-order valence-corrected chi connectivity index (χ4v) is 3.11. The molecule has 0 aliphatic carbocycles. The maximum Gasteiger partial charge on any atom is 0.310 e. The number of carbonyl (C=O) groups excluding carboxylic acids is 1. The van der Waals surface area contributed by atoms with E-state index < -0.39 is 0 Å². The Kier molecular flexibility index (Phi) is 8.33. The maximum atomic E-state index is 11.9. The molecule has 3 nitrogen and oxygen atoms in total. The second-order valence-corrected chi connectivity index (χ2v) is 6.59. The number of para-hydroxylation sites is 1. The molecule has 0 N–H and O–H groups in total. The average Bonchev–Trinajstić information content (AvgIpc) is 2.67. The topological polar surface area (TPSA) is 39.2 Å². The molecule has 140 valence electrons. The number of pyridine rings is 1. The molecule has 0 radical (unpaired) electrons. The van der Waals surface area contributed by atoms with Gasteiger partial charge in [-0.3, -0.25) is 9.78 Å². The van der Waals surface area contributed by atoms with Crippen LogP contribution in [0, 0.1) is 0 Å². The molecule has 3 heteroatoms. The van der Waals surface area contributed by atoms with Crippen molar-refractivity contribution in [3.8, 4) is 5.75 Å². The van der Waals surface area contributed by atoms with Gasteiger partial charge in [-0.1, -0.05) is 64.3 Å². The molecule has 0 saturated heterocycles. The number of unbranched alkanes of at least 4 members (excludes halogenated alkanes) is 4. The van der Waals surface area contributed by atoms with Gasteiger partial charge in [0.2, 0.25) is 0 Å². The molecule has 0 spiro atoms. The molecule has 0 fully saturated rings. The summed E-state index contributed by atoms with van der Waals surface area (Å²) in [5.41, 5.74) is 2.94. The smallest absolute Gasteiger partial charge is 0.310 e. The average molecular weight is 354 g/mol. The quantitative estimate of drug-likeness (QED) is 0.291. The number of aromatic nitrogens is 1. The van der Waals surface area contributed by atoms with Crippen molar-refractivity contribution in [2.24, 2.45) is 0 Å². The minimum absolute atomic E-state index is 0.200. The summed E-state index contributed by atoms with van der Waals surface area (Å²) in [6.45, 7) is 6.14. The summed E-state index contributed by atoms with van der Waals surface area (Å²) < 4.78 is 5.71. The Hall–Kier alpha value is -2.16. The zero-order valence-electron chi connectivity index (χ0n) is 16.4. The van der Waals surface area contributed by atoms with E-state index in [0.717, 1.165) is 41.4 Å². The Morgan fingerprint density at radius 1 is 1.08 bits per heavy atom. The van der Waals surface area contributed by atoms with Gasteiger partial charge in [-0.25, -0.2) is 0 Å². The van der Waals surface area contributed by atoms with Gasteiger partial charge in [0.25, 0.3) is 0 Å². The zero-order chi connectivity index (χ0) is 18.8.